The number of nitrogens with one attached hydrogen (secondary N) is 1. The molecule has 22 heavy (non-hydrogen) atoms. The maximum atomic E-state index is 12.4. The summed E-state index contributed by atoms with van der Waals surface area (Å²) in [6.07, 6.45) is 0. The van der Waals surface area contributed by atoms with Crippen LogP contribution in [-0.2, 0) is 0 Å². The summed E-state index contributed by atoms with van der Waals surface area (Å²) in [5.41, 5.74) is 2.66. The van der Waals surface area contributed by atoms with Crippen LogP contribution in [0.2, 0.25) is 0 Å². The Bertz CT molecular complexity index is 670. The number of hydrogen-bond donors (Lipinski definition) is 1. The lowest BCUT2D eigenvalue weighted by Crippen LogP contribution is -2.26. The highest BCUT2D eigenvalue weighted by Gasteiger charge is 2.13. The summed E-state index contributed by atoms with van der Waals surface area (Å²) < 4.78 is 6.50. The van der Waals surface area contributed by atoms with Crippen LogP contribution in [0.5, 0.6) is 5.75 Å². The van der Waals surface area contributed by atoms with E-state index in [1.807, 2.05) is 57.2 Å². The lowest BCUT2D eigenvalue weighted by molar-refractivity contribution is 0.0939. The second kappa shape index (κ2) is 7.45. The molecule has 2 rings (SSSR count). The van der Waals surface area contributed by atoms with E-state index in [4.69, 9.17) is 4.74 Å². The molecule has 0 bridgehead atoms. The zero-order chi connectivity index (χ0) is 16.1. The van der Waals surface area contributed by atoms with Gasteiger partial charge in [0, 0.05) is 10.0 Å². The Hall–Kier alpha value is -1.81. The van der Waals surface area contributed by atoms with Gasteiger partial charge >= 0.3 is 0 Å². The van der Waals surface area contributed by atoms with Crippen molar-refractivity contribution < 1.29 is 9.53 Å². The van der Waals surface area contributed by atoms with E-state index < -0.39 is 0 Å². The number of hydrogen-bond acceptors (Lipinski definition) is 2. The van der Waals surface area contributed by atoms with E-state index in [2.05, 4.69) is 21.2 Å². The lowest BCUT2D eigenvalue weighted by atomic mass is 10.1. The highest BCUT2D eigenvalue weighted by Crippen LogP contribution is 2.21. The second-order valence-electron chi connectivity index (χ2n) is 5.16. The van der Waals surface area contributed by atoms with Gasteiger partial charge in [-0.25, -0.2) is 0 Å². The number of rotatable bonds is 5. The number of halogens is 1. The van der Waals surface area contributed by atoms with Crippen LogP contribution in [-0.4, -0.2) is 12.5 Å². The molecule has 0 saturated heterocycles. The van der Waals surface area contributed by atoms with Crippen molar-refractivity contribution in [3.05, 3.63) is 63.6 Å². The zero-order valence-electron chi connectivity index (χ0n) is 13.0. The molecule has 3 nitrogen and oxygen atoms in total. The largest absolute Gasteiger partial charge is 0.494 e. The Morgan fingerprint density at radius 2 is 2.05 bits per heavy atom. The molecule has 0 saturated carbocycles. The van der Waals surface area contributed by atoms with E-state index in [1.165, 1.54) is 0 Å². The van der Waals surface area contributed by atoms with Gasteiger partial charge in [0.1, 0.15) is 5.75 Å². The summed E-state index contributed by atoms with van der Waals surface area (Å²) in [4.78, 5) is 12.4. The van der Waals surface area contributed by atoms with Crippen molar-refractivity contribution in [2.45, 2.75) is 26.8 Å². The number of carbonyl (C=O) groups excluding carboxylic acids is 1. The average Bonchev–Trinajstić information content (AvgIpc) is 2.49. The van der Waals surface area contributed by atoms with Crippen molar-refractivity contribution in [1.29, 1.82) is 0 Å². The maximum absolute atomic E-state index is 12.4. The van der Waals surface area contributed by atoms with E-state index in [-0.39, 0.29) is 11.9 Å². The predicted molar refractivity (Wildman–Crippen MR) is 92.4 cm³/mol. The first-order valence-corrected chi connectivity index (χ1v) is 8.10. The quantitative estimate of drug-likeness (QED) is 0.841. The molecule has 0 heterocycles. The maximum Gasteiger partial charge on any atom is 0.251 e. The molecule has 2 aromatic carbocycles. The number of ether oxygens (including phenoxy) is 1. The molecule has 0 spiro atoms. The minimum Gasteiger partial charge on any atom is -0.494 e. The first-order chi connectivity index (χ1) is 10.5. The van der Waals surface area contributed by atoms with Crippen LogP contribution in [0.3, 0.4) is 0 Å². The summed E-state index contributed by atoms with van der Waals surface area (Å²) in [5, 5.41) is 3.02. The fourth-order valence-corrected chi connectivity index (χ4v) is 2.66. The van der Waals surface area contributed by atoms with Crippen molar-refractivity contribution in [1.82, 2.24) is 5.32 Å². The Labute approximate surface area is 139 Å². The van der Waals surface area contributed by atoms with Gasteiger partial charge in [-0.1, -0.05) is 28.1 Å². The van der Waals surface area contributed by atoms with Crippen LogP contribution in [0.4, 0.5) is 0 Å². The highest BCUT2D eigenvalue weighted by atomic mass is 79.9. The smallest absolute Gasteiger partial charge is 0.251 e. The first-order valence-electron chi connectivity index (χ1n) is 7.31. The summed E-state index contributed by atoms with van der Waals surface area (Å²) in [5.74, 6) is 0.734. The summed E-state index contributed by atoms with van der Waals surface area (Å²) in [6, 6.07) is 13.4. The van der Waals surface area contributed by atoms with E-state index in [0.29, 0.717) is 12.2 Å². The monoisotopic (exact) mass is 361 g/mol. The van der Waals surface area contributed by atoms with Gasteiger partial charge in [0.2, 0.25) is 0 Å². The molecular weight excluding hydrogens is 342 g/mol. The van der Waals surface area contributed by atoms with Crippen molar-refractivity contribution >= 4 is 21.8 Å². The van der Waals surface area contributed by atoms with E-state index in [1.54, 1.807) is 6.07 Å². The van der Waals surface area contributed by atoms with E-state index in [0.717, 1.165) is 21.3 Å². The third-order valence-electron chi connectivity index (χ3n) is 3.43. The zero-order valence-corrected chi connectivity index (χ0v) is 14.6. The normalized spacial score (nSPS) is 11.8. The van der Waals surface area contributed by atoms with Gasteiger partial charge in [0.15, 0.2) is 0 Å². The summed E-state index contributed by atoms with van der Waals surface area (Å²) in [6.45, 7) is 6.48. The molecule has 0 unspecified atom stereocenters. The number of aryl methyl sites for hydroxylation is 1. The van der Waals surface area contributed by atoms with Crippen LogP contribution < -0.4 is 10.1 Å². The molecule has 0 aromatic heterocycles. The minimum atomic E-state index is -0.0846. The molecule has 0 radical (unpaired) electrons. The number of benzene rings is 2. The summed E-state index contributed by atoms with van der Waals surface area (Å²) >= 11 is 3.45. The van der Waals surface area contributed by atoms with Gasteiger partial charge in [-0.15, -0.1) is 0 Å². The Morgan fingerprint density at radius 3 is 2.68 bits per heavy atom. The van der Waals surface area contributed by atoms with Gasteiger partial charge in [0.05, 0.1) is 12.6 Å². The van der Waals surface area contributed by atoms with Gasteiger partial charge in [0.25, 0.3) is 5.91 Å². The SMILES string of the molecule is CCOc1ccc(C(=O)N[C@H](C)c2cccc(Br)c2)cc1C. The van der Waals surface area contributed by atoms with Crippen LogP contribution in [0.1, 0.15) is 41.4 Å². The predicted octanol–water partition coefficient (Wildman–Crippen LogP) is 4.65. The molecule has 1 N–H and O–H groups in total. The van der Waals surface area contributed by atoms with Crippen LogP contribution >= 0.6 is 15.9 Å². The third kappa shape index (κ3) is 4.10. The molecule has 116 valence electrons. The van der Waals surface area contributed by atoms with Gasteiger partial charge in [-0.3, -0.25) is 4.79 Å². The molecular formula is C18H20BrNO2. The van der Waals surface area contributed by atoms with Crippen LogP contribution in [0.15, 0.2) is 46.9 Å². The molecule has 0 fully saturated rings. The van der Waals surface area contributed by atoms with Crippen LogP contribution in [0, 0.1) is 6.92 Å². The molecule has 0 aliphatic rings. The molecule has 1 atom stereocenters. The fourth-order valence-electron chi connectivity index (χ4n) is 2.25. The highest BCUT2D eigenvalue weighted by molar-refractivity contribution is 9.10. The third-order valence-corrected chi connectivity index (χ3v) is 3.93. The van der Waals surface area contributed by atoms with Gasteiger partial charge in [-0.05, 0) is 62.2 Å². The van der Waals surface area contributed by atoms with Crippen LogP contribution in [0.25, 0.3) is 0 Å². The van der Waals surface area contributed by atoms with Crippen molar-refractivity contribution in [2.24, 2.45) is 0 Å². The number of amides is 1. The van der Waals surface area contributed by atoms with Crippen molar-refractivity contribution in [3.63, 3.8) is 0 Å². The molecule has 2 aromatic rings. The first kappa shape index (κ1) is 16.6. The van der Waals surface area contributed by atoms with Crippen molar-refractivity contribution in [2.75, 3.05) is 6.61 Å². The molecule has 0 aliphatic heterocycles. The Kier molecular flexibility index (Phi) is 5.61. The number of carbonyl (C=O) groups is 1. The summed E-state index contributed by atoms with van der Waals surface area (Å²) in [7, 11) is 0. The van der Waals surface area contributed by atoms with E-state index >= 15 is 0 Å². The lowest BCUT2D eigenvalue weighted by Gasteiger charge is -2.15. The Balaban J connectivity index is 2.10. The molecule has 1 amide bonds. The Morgan fingerprint density at radius 1 is 1.27 bits per heavy atom. The van der Waals surface area contributed by atoms with Gasteiger partial charge in [-0.2, -0.15) is 0 Å². The van der Waals surface area contributed by atoms with E-state index in [9.17, 15) is 4.79 Å². The molecule has 0 aliphatic carbocycles. The second-order valence-corrected chi connectivity index (χ2v) is 6.08. The van der Waals surface area contributed by atoms with Gasteiger partial charge < -0.3 is 10.1 Å². The fraction of sp³-hybridized carbons (Fsp3) is 0.278. The average molecular weight is 362 g/mol. The minimum absolute atomic E-state index is 0.0584. The topological polar surface area (TPSA) is 38.3 Å². The van der Waals surface area contributed by atoms with Crippen molar-refractivity contribution in [3.8, 4) is 5.75 Å². The molecule has 4 heteroatoms. The standard InChI is InChI=1S/C18H20BrNO2/c1-4-22-17-9-8-15(10-12(17)2)18(21)20-13(3)14-6-5-7-16(19)11-14/h5-11,13H,4H2,1-3H3,(H,20,21)/t13-/m1/s1.